The fourth-order valence-corrected chi connectivity index (χ4v) is 11.8. The normalized spacial score (nSPS) is 27.3. The quantitative estimate of drug-likeness (QED) is 0.0308. The average Bonchev–Trinajstić information content (AvgIpc) is 1.69. The Morgan fingerprint density at radius 1 is 0.592 bits per heavy atom. The molecule has 4 unspecified atom stereocenters. The summed E-state index contributed by atoms with van der Waals surface area (Å²) >= 11 is 1.82. The van der Waals surface area contributed by atoms with E-state index in [4.69, 9.17) is 79.7 Å². The van der Waals surface area contributed by atoms with E-state index in [0.29, 0.717) is 32.5 Å². The molecule has 23 N–H and O–H groups in total. The van der Waals surface area contributed by atoms with Gasteiger partial charge >= 0.3 is 48.4 Å². The molecule has 16 atom stereocenters. The number of rotatable bonds is 20. The van der Waals surface area contributed by atoms with Gasteiger partial charge in [0, 0.05) is 48.4 Å². The van der Waals surface area contributed by atoms with Crippen molar-refractivity contribution >= 4 is 91.4 Å². The molecule has 103 heavy (non-hydrogen) atoms. The number of nitrogens with two attached hydrogens (primary N) is 3. The summed E-state index contributed by atoms with van der Waals surface area (Å²) in [5.74, 6) is 0.192. The molecule has 0 spiro atoms. The van der Waals surface area contributed by atoms with Crippen molar-refractivity contribution < 1.29 is 145 Å². The summed E-state index contributed by atoms with van der Waals surface area (Å²) in [6.45, 7) is 16.3. The minimum absolute atomic E-state index is 0. The molecule has 5 aliphatic rings. The molecule has 590 valence electrons. The Morgan fingerprint density at radius 2 is 0.922 bits per heavy atom. The number of nitrogen functional groups attached to an aromatic ring is 3. The molecule has 0 radical (unpaired) electrons. The van der Waals surface area contributed by atoms with Crippen LogP contribution in [0.3, 0.4) is 0 Å². The van der Waals surface area contributed by atoms with Crippen molar-refractivity contribution in [3.63, 3.8) is 0 Å². The number of hydrogen-bond acceptors (Lipinski definition) is 33. The molecule has 0 bridgehead atoms. The number of anilines is 3. The third kappa shape index (κ3) is 26.0. The lowest BCUT2D eigenvalue weighted by atomic mass is 10.1. The maximum absolute atomic E-state index is 12.3. The minimum Gasteiger partial charge on any atom is -0.412 e. The molecular formula is C52H93IN12O33P4Si. The molecule has 3 aromatic rings. The molecule has 5 aliphatic heterocycles. The van der Waals surface area contributed by atoms with Crippen LogP contribution >= 0.6 is 53.9 Å². The highest BCUT2D eigenvalue weighted by atomic mass is 127. The van der Waals surface area contributed by atoms with Crippen LogP contribution in [0.4, 0.5) is 17.5 Å². The van der Waals surface area contributed by atoms with Gasteiger partial charge in [-0.2, -0.15) is 15.0 Å². The van der Waals surface area contributed by atoms with Gasteiger partial charge in [-0.25, -0.2) is 37.6 Å². The number of amidine groups is 1. The Bertz CT molecular complexity index is 3740. The Balaban J connectivity index is 0.000000466. The molecule has 8 rings (SSSR count). The number of aliphatic imine (C=N–C) groups is 1. The van der Waals surface area contributed by atoms with Gasteiger partial charge < -0.3 is 131 Å². The first kappa shape index (κ1) is 94.4. The van der Waals surface area contributed by atoms with Gasteiger partial charge in [0.2, 0.25) is 5.91 Å². The highest BCUT2D eigenvalue weighted by molar-refractivity contribution is 14.1. The lowest BCUT2D eigenvalue weighted by Crippen LogP contribution is -2.43. The number of aliphatic hydroxyl groups is 8. The number of halogens is 1. The Kier molecular flexibility index (Phi) is 34.8. The van der Waals surface area contributed by atoms with Gasteiger partial charge in [-0.1, -0.05) is 56.6 Å². The van der Waals surface area contributed by atoms with Gasteiger partial charge in [-0.05, 0) is 54.1 Å². The molecular weight excluding hydrogens is 1600 g/mol. The molecule has 0 aromatic carbocycles. The van der Waals surface area contributed by atoms with E-state index >= 15 is 0 Å². The fraction of sp³-hybridized carbons (Fsp3) is 0.654. The van der Waals surface area contributed by atoms with E-state index < -0.39 is 181 Å². The van der Waals surface area contributed by atoms with Gasteiger partial charge in [0.15, 0.2) is 33.2 Å². The van der Waals surface area contributed by atoms with Crippen molar-refractivity contribution in [2.75, 3.05) is 43.6 Å². The zero-order valence-corrected chi connectivity index (χ0v) is 60.8. The number of hydrogen-bond donors (Lipinski definition) is 20. The number of aryl methyl sites for hydroxylation is 1. The summed E-state index contributed by atoms with van der Waals surface area (Å²) in [6.07, 6.45) is -15.8. The molecule has 45 nitrogen and oxygen atoms in total. The molecule has 4 saturated heterocycles. The van der Waals surface area contributed by atoms with E-state index in [0.717, 1.165) is 13.7 Å². The van der Waals surface area contributed by atoms with Crippen LogP contribution in [0.15, 0.2) is 62.1 Å². The summed E-state index contributed by atoms with van der Waals surface area (Å²) in [6, 6.07) is 0. The first-order valence-corrected chi connectivity index (χ1v) is 39.2. The van der Waals surface area contributed by atoms with Crippen molar-refractivity contribution in [3.05, 3.63) is 88.9 Å². The summed E-state index contributed by atoms with van der Waals surface area (Å²) in [5, 5.41) is 82.8. The van der Waals surface area contributed by atoms with E-state index in [9.17, 15) is 78.3 Å². The second-order valence-electron chi connectivity index (χ2n) is 23.9. The number of aliphatic hydroxyl groups excluding tert-OH is 8. The second-order valence-corrected chi connectivity index (χ2v) is 34.8. The van der Waals surface area contributed by atoms with Crippen LogP contribution in [-0.2, 0) is 71.1 Å². The maximum Gasteiger partial charge on any atom is 0.469 e. The number of carbonyl (C=O) groups excluding carboxylic acids is 1. The van der Waals surface area contributed by atoms with Crippen LogP contribution in [0.2, 0.25) is 18.1 Å². The number of nitrogens with zero attached hydrogens (tertiary/aromatic N) is 8. The Labute approximate surface area is 602 Å². The standard InChI is InChI=1S/C16H30N3O9PSi.C14H22N3O8P.C10H16N3O8P.C9H13IN3O8P.3CH4/c1-16(2,3)30(4,5)27-7-9-6-19(15(22)18-13(9)17)14-12(21)11(20)10(28-14)8-26-29(23,24)25;1-4-9-5-17(7(2)15-13(9)16-8(3)18)14-12(20)11(19)10(25-14)6-24-26(21,22)23;1-4-2-13(10(16)12-8(4)11)9-7(15)6(14)5(21-9)3-20-22(17,18)19;10-3-1-13(9(16)12-7(3)11)8-6(15)5(14)4(21-8)2-20-22(17,18)19;;;/h6,10-12,14,20-21H,7-8H2,1-5H3,(H2,17,18,22)(H2,23,24,25);5,10-12,14,19-20H,2,4,6H2,1,3H3,(H,15,16,18)(H2,21,22,23);2,5-7,9,14-15H,3H2,1H3,(H2,11,12,16)(H2,17,18,19);1,4-6,8,14-15H,2H2,(H2,11,12,16)(H2,17,18,19);3*1H4/t2*10-,11-,12?,14-;5-,6-,7?,9-;4-,5-,6?,8-;;;/m1111.../s1. The topological polar surface area (TPSA) is 702 Å². The average molecular weight is 1690 g/mol. The SMILES string of the molecule is C.C.C.C=C1N=C(NC(C)=O)C(CC)=CN1[C@@H]1O[C@H](COP(=O)(O)O)[C@@H](O)C1O.CC(C)(C)[Si](C)(C)OCc1cn([C@@H]2O[C@H](COP(=O)(O)O)[C@@H](O)C2O)c(=O)nc1N.Cc1cn([C@@H]2O[C@H](COP(=O)(O)O)[C@@H](O)C2O)c(=O)nc1N.Nc1nc(=O)n([C@@H]2O[C@H](COP(=O)(O)O)[C@@H](O)C2O)cc1I. The first-order chi connectivity index (χ1) is 45.8. The molecule has 4 fully saturated rings. The van der Waals surface area contributed by atoms with E-state index in [1.807, 2.05) is 29.5 Å². The monoisotopic (exact) mass is 1690 g/mol. The van der Waals surface area contributed by atoms with Crippen molar-refractivity contribution in [1.29, 1.82) is 0 Å². The summed E-state index contributed by atoms with van der Waals surface area (Å²) in [4.78, 5) is 133. The van der Waals surface area contributed by atoms with E-state index in [1.165, 1.54) is 30.4 Å². The van der Waals surface area contributed by atoms with Gasteiger partial charge in [0.1, 0.15) is 102 Å². The second kappa shape index (κ2) is 37.9. The lowest BCUT2D eigenvalue weighted by Gasteiger charge is -2.36. The van der Waals surface area contributed by atoms with Gasteiger partial charge in [0.25, 0.3) is 0 Å². The fourth-order valence-electron chi connectivity index (χ4n) is 9.08. The number of phosphoric acid groups is 4. The Morgan fingerprint density at radius 3 is 1.27 bits per heavy atom. The Hall–Kier alpha value is -4.67. The molecule has 3 aromatic heterocycles. The number of aromatic nitrogens is 6. The maximum atomic E-state index is 12.3. The highest BCUT2D eigenvalue weighted by Crippen LogP contribution is 2.43. The molecule has 8 heterocycles. The zero-order chi connectivity index (χ0) is 76.0. The predicted octanol–water partition coefficient (Wildman–Crippen LogP) is -2.84. The van der Waals surface area contributed by atoms with Crippen molar-refractivity contribution in [2.45, 2.75) is 193 Å². The van der Waals surface area contributed by atoms with Crippen molar-refractivity contribution in [2.24, 2.45) is 4.99 Å². The molecule has 1 amide bonds. The molecule has 0 aliphatic carbocycles. The predicted molar refractivity (Wildman–Crippen MR) is 369 cm³/mol. The third-order valence-electron chi connectivity index (χ3n) is 15.5. The lowest BCUT2D eigenvalue weighted by molar-refractivity contribution is -0.117. The first-order valence-electron chi connectivity index (χ1n) is 29.1. The van der Waals surface area contributed by atoms with Crippen molar-refractivity contribution in [3.8, 4) is 0 Å². The van der Waals surface area contributed by atoms with Crippen LogP contribution in [0, 0.1) is 10.5 Å². The number of phosphoric ester groups is 4. The van der Waals surface area contributed by atoms with Crippen LogP contribution in [-0.4, -0.2) is 240 Å². The summed E-state index contributed by atoms with van der Waals surface area (Å²) < 4.78 is 90.9. The van der Waals surface area contributed by atoms with Crippen LogP contribution in [0.25, 0.3) is 0 Å². The summed E-state index contributed by atoms with van der Waals surface area (Å²) in [7, 11) is -21.2. The third-order valence-corrected chi connectivity index (χ3v) is 22.7. The number of ether oxygens (including phenoxy) is 4. The van der Waals surface area contributed by atoms with Crippen LogP contribution < -0.4 is 39.6 Å². The molecule has 51 heteroatoms. The minimum atomic E-state index is -4.80. The number of nitrogens with one attached hydrogen (secondary N) is 1. The zero-order valence-electron chi connectivity index (χ0n) is 54.1. The summed E-state index contributed by atoms with van der Waals surface area (Å²) in [5.41, 5.74) is 15.9. The van der Waals surface area contributed by atoms with Gasteiger partial charge in [0.05, 0.1) is 36.6 Å². The smallest absolute Gasteiger partial charge is 0.412 e. The number of carbonyl (C=O) groups is 1. The van der Waals surface area contributed by atoms with E-state index in [1.54, 1.807) is 13.1 Å². The van der Waals surface area contributed by atoms with Crippen LogP contribution in [0.5, 0.6) is 0 Å². The van der Waals surface area contributed by atoms with Crippen LogP contribution in [0.1, 0.15) is 93.1 Å². The molecule has 0 saturated carbocycles. The van der Waals surface area contributed by atoms with E-state index in [2.05, 4.69) is 83.8 Å². The van der Waals surface area contributed by atoms with Gasteiger partial charge in [-0.3, -0.25) is 36.6 Å². The van der Waals surface area contributed by atoms with E-state index in [-0.39, 0.29) is 63.1 Å². The largest absolute Gasteiger partial charge is 0.469 e. The van der Waals surface area contributed by atoms with Gasteiger partial charge in [-0.15, -0.1) is 0 Å². The highest BCUT2D eigenvalue weighted by Gasteiger charge is 2.50. The number of amides is 1. The van der Waals surface area contributed by atoms with Crippen molar-refractivity contribution in [1.82, 2.24) is 38.9 Å².